The van der Waals surface area contributed by atoms with Gasteiger partial charge in [0, 0.05) is 11.3 Å². The second kappa shape index (κ2) is 7.61. The van der Waals surface area contributed by atoms with Gasteiger partial charge in [-0.15, -0.1) is 0 Å². The van der Waals surface area contributed by atoms with Gasteiger partial charge in [-0.25, -0.2) is 0 Å². The van der Waals surface area contributed by atoms with Crippen LogP contribution in [0.4, 0.5) is 18.9 Å². The Bertz CT molecular complexity index is 816. The predicted octanol–water partition coefficient (Wildman–Crippen LogP) is 5.50. The fraction of sp³-hybridized carbons (Fsp3) is 0.167. The minimum absolute atomic E-state index is 0.00279. The Hall–Kier alpha value is -2.47. The summed E-state index contributed by atoms with van der Waals surface area (Å²) in [7, 11) is 0. The number of nitrogens with one attached hydrogen (secondary N) is 1. The van der Waals surface area contributed by atoms with Gasteiger partial charge in [-0.1, -0.05) is 30.7 Å². The smallest absolute Gasteiger partial charge is 0.417 e. The normalized spacial score (nSPS) is 12.1. The fourth-order valence-corrected chi connectivity index (χ4v) is 2.40. The molecule has 0 spiro atoms. The molecule has 2 rings (SSSR count). The number of aromatic hydroxyl groups is 1. The number of carbonyl (C=O) groups is 1. The summed E-state index contributed by atoms with van der Waals surface area (Å²) < 4.78 is 38.7. The molecule has 0 unspecified atom stereocenters. The molecule has 0 bridgehead atoms. The van der Waals surface area contributed by atoms with Gasteiger partial charge in [-0.3, -0.25) is 4.79 Å². The number of phenolic OH excluding ortho intramolecular Hbond substituents is 1. The van der Waals surface area contributed by atoms with Crippen molar-refractivity contribution in [3.63, 3.8) is 0 Å². The molecule has 0 saturated carbocycles. The van der Waals surface area contributed by atoms with Gasteiger partial charge in [0.2, 0.25) is 0 Å². The third-order valence-corrected chi connectivity index (χ3v) is 3.74. The Morgan fingerprint density at radius 1 is 1.24 bits per heavy atom. The van der Waals surface area contributed by atoms with E-state index in [1.165, 1.54) is 18.2 Å². The Morgan fingerprint density at radius 3 is 2.56 bits per heavy atom. The van der Waals surface area contributed by atoms with Crippen molar-refractivity contribution in [1.29, 1.82) is 0 Å². The predicted molar refractivity (Wildman–Crippen MR) is 91.5 cm³/mol. The van der Waals surface area contributed by atoms with Crippen LogP contribution in [0.1, 0.15) is 24.5 Å². The number of benzene rings is 2. The number of hydrogen-bond donors (Lipinski definition) is 2. The van der Waals surface area contributed by atoms with Gasteiger partial charge in [0.1, 0.15) is 5.75 Å². The summed E-state index contributed by atoms with van der Waals surface area (Å²) in [6.07, 6.45) is -2.68. The van der Waals surface area contributed by atoms with Crippen molar-refractivity contribution in [3.05, 3.63) is 64.2 Å². The van der Waals surface area contributed by atoms with E-state index < -0.39 is 22.7 Å². The summed E-state index contributed by atoms with van der Waals surface area (Å²) in [6, 6.07) is 9.49. The Labute approximate surface area is 147 Å². The van der Waals surface area contributed by atoms with E-state index in [4.69, 9.17) is 11.6 Å². The maximum atomic E-state index is 12.9. The quantitative estimate of drug-likeness (QED) is 0.699. The van der Waals surface area contributed by atoms with E-state index >= 15 is 0 Å². The first-order valence-corrected chi connectivity index (χ1v) is 7.76. The lowest BCUT2D eigenvalue weighted by molar-refractivity contribution is -0.137. The molecule has 0 atom stereocenters. The van der Waals surface area contributed by atoms with Crippen molar-refractivity contribution >= 4 is 29.3 Å². The second-order valence-corrected chi connectivity index (χ2v) is 5.67. The van der Waals surface area contributed by atoms with Crippen molar-refractivity contribution in [2.45, 2.75) is 19.5 Å². The molecular formula is C18H15ClF3NO2. The van der Waals surface area contributed by atoms with Crippen LogP contribution in [0.25, 0.3) is 6.08 Å². The zero-order valence-corrected chi connectivity index (χ0v) is 13.9. The number of anilines is 1. The number of alkyl halides is 3. The molecule has 0 heterocycles. The van der Waals surface area contributed by atoms with Crippen LogP contribution in [0.3, 0.4) is 0 Å². The lowest BCUT2D eigenvalue weighted by Gasteiger charge is -2.12. The first kappa shape index (κ1) is 18.9. The highest BCUT2D eigenvalue weighted by atomic mass is 35.5. The molecule has 132 valence electrons. The molecule has 1 amide bonds. The summed E-state index contributed by atoms with van der Waals surface area (Å²) >= 11 is 5.56. The zero-order valence-electron chi connectivity index (χ0n) is 13.2. The average Bonchev–Trinajstić information content (AvgIpc) is 2.53. The molecule has 3 nitrogen and oxygen atoms in total. The largest absolute Gasteiger partial charge is 0.508 e. The molecule has 0 aliphatic rings. The molecule has 0 fully saturated rings. The number of amides is 1. The van der Waals surface area contributed by atoms with E-state index in [-0.39, 0.29) is 11.4 Å². The number of rotatable bonds is 4. The molecule has 0 aliphatic heterocycles. The lowest BCUT2D eigenvalue weighted by Crippen LogP contribution is -2.15. The summed E-state index contributed by atoms with van der Waals surface area (Å²) in [5, 5.41) is 11.5. The molecular weight excluding hydrogens is 355 g/mol. The number of carbonyl (C=O) groups excluding carboxylic acids is 1. The van der Waals surface area contributed by atoms with E-state index in [1.54, 1.807) is 25.1 Å². The Morgan fingerprint density at radius 2 is 1.96 bits per heavy atom. The van der Waals surface area contributed by atoms with Gasteiger partial charge in [0.25, 0.3) is 5.91 Å². The minimum Gasteiger partial charge on any atom is -0.508 e. The van der Waals surface area contributed by atoms with Crippen LogP contribution in [-0.2, 0) is 11.0 Å². The first-order valence-electron chi connectivity index (χ1n) is 7.38. The van der Waals surface area contributed by atoms with Crippen molar-refractivity contribution < 1.29 is 23.1 Å². The third kappa shape index (κ3) is 5.00. The average molecular weight is 370 g/mol. The summed E-state index contributed by atoms with van der Waals surface area (Å²) in [5.74, 6) is -0.474. The number of phenols is 1. The van der Waals surface area contributed by atoms with Gasteiger partial charge >= 0.3 is 6.18 Å². The van der Waals surface area contributed by atoms with Crippen LogP contribution in [-0.4, -0.2) is 11.0 Å². The molecule has 2 aromatic carbocycles. The van der Waals surface area contributed by atoms with E-state index in [9.17, 15) is 23.1 Å². The summed E-state index contributed by atoms with van der Waals surface area (Å²) in [5.41, 5.74) is -0.0489. The second-order valence-electron chi connectivity index (χ2n) is 5.26. The van der Waals surface area contributed by atoms with Crippen LogP contribution in [0.15, 0.2) is 48.0 Å². The highest BCUT2D eigenvalue weighted by Gasteiger charge is 2.33. The fourth-order valence-electron chi connectivity index (χ4n) is 2.18. The minimum atomic E-state index is -4.61. The Kier molecular flexibility index (Phi) is 5.74. The third-order valence-electron chi connectivity index (χ3n) is 3.41. The summed E-state index contributed by atoms with van der Waals surface area (Å²) in [4.78, 5) is 12.3. The van der Waals surface area contributed by atoms with E-state index in [2.05, 4.69) is 5.32 Å². The van der Waals surface area contributed by atoms with E-state index in [1.807, 2.05) is 0 Å². The van der Waals surface area contributed by atoms with Crippen molar-refractivity contribution in [3.8, 4) is 5.75 Å². The highest BCUT2D eigenvalue weighted by Crippen LogP contribution is 2.36. The lowest BCUT2D eigenvalue weighted by atomic mass is 10.1. The summed E-state index contributed by atoms with van der Waals surface area (Å²) in [6.45, 7) is 1.75. The van der Waals surface area contributed by atoms with Crippen molar-refractivity contribution in [2.75, 3.05) is 5.32 Å². The van der Waals surface area contributed by atoms with Gasteiger partial charge in [-0.05, 0) is 48.4 Å². The standard InChI is InChI=1S/C18H15ClF3NO2/c1-2-12(8-11-4-3-5-14(24)9-11)17(25)23-13-6-7-16(19)15(10-13)18(20,21)22/h3-10,24H,2H2,1H3,(H,23,25)/b12-8+. The van der Waals surface area contributed by atoms with Gasteiger partial charge in [0.05, 0.1) is 10.6 Å². The maximum absolute atomic E-state index is 12.9. The first-order chi connectivity index (χ1) is 11.7. The maximum Gasteiger partial charge on any atom is 0.417 e. The molecule has 25 heavy (non-hydrogen) atoms. The van der Waals surface area contributed by atoms with Crippen LogP contribution < -0.4 is 5.32 Å². The number of halogens is 4. The van der Waals surface area contributed by atoms with Crippen LogP contribution in [0, 0.1) is 0 Å². The molecule has 0 saturated heterocycles. The van der Waals surface area contributed by atoms with Crippen molar-refractivity contribution in [2.24, 2.45) is 0 Å². The molecule has 2 aromatic rings. The SMILES string of the molecule is CC/C(=C\c1cccc(O)c1)C(=O)Nc1ccc(Cl)c(C(F)(F)F)c1. The van der Waals surface area contributed by atoms with E-state index in [0.717, 1.165) is 12.1 Å². The molecule has 0 aliphatic carbocycles. The van der Waals surface area contributed by atoms with Gasteiger partial charge in [-0.2, -0.15) is 13.2 Å². The molecule has 2 N–H and O–H groups in total. The monoisotopic (exact) mass is 369 g/mol. The van der Waals surface area contributed by atoms with Gasteiger partial charge < -0.3 is 10.4 Å². The molecule has 7 heteroatoms. The molecule has 0 aromatic heterocycles. The van der Waals surface area contributed by atoms with Crippen LogP contribution in [0.2, 0.25) is 5.02 Å². The molecule has 0 radical (unpaired) electrons. The van der Waals surface area contributed by atoms with Crippen LogP contribution in [0.5, 0.6) is 5.75 Å². The van der Waals surface area contributed by atoms with E-state index in [0.29, 0.717) is 17.6 Å². The topological polar surface area (TPSA) is 49.3 Å². The Balaban J connectivity index is 2.26. The zero-order chi connectivity index (χ0) is 18.6. The number of hydrogen-bond acceptors (Lipinski definition) is 2. The van der Waals surface area contributed by atoms with Crippen LogP contribution >= 0.6 is 11.6 Å². The van der Waals surface area contributed by atoms with Gasteiger partial charge in [0.15, 0.2) is 0 Å². The van der Waals surface area contributed by atoms with Crippen molar-refractivity contribution in [1.82, 2.24) is 0 Å². The highest BCUT2D eigenvalue weighted by molar-refractivity contribution is 6.31.